The minimum atomic E-state index is -1.26. The zero-order valence-corrected chi connectivity index (χ0v) is 10.3. The molecule has 3 nitrogen and oxygen atoms in total. The molecule has 1 aromatic carbocycles. The molecule has 1 rings (SSSR count). The highest BCUT2D eigenvalue weighted by Gasteiger charge is 2.35. The molecule has 1 aromatic rings. The molecule has 0 atom stereocenters. The Labute approximate surface area is 104 Å². The first kappa shape index (κ1) is 14.1. The van der Waals surface area contributed by atoms with Gasteiger partial charge >= 0.3 is 0 Å². The SMILES string of the molecule is CCC(C#N)(CC)C(=O)Nc1c(F)cccc1F. The van der Waals surface area contributed by atoms with Gasteiger partial charge in [0.15, 0.2) is 0 Å². The molecule has 0 saturated carbocycles. The molecule has 1 N–H and O–H groups in total. The van der Waals surface area contributed by atoms with Crippen molar-refractivity contribution in [2.24, 2.45) is 5.41 Å². The molecule has 0 radical (unpaired) electrons. The predicted octanol–water partition coefficient (Wildman–Crippen LogP) is 3.23. The number of anilines is 1. The highest BCUT2D eigenvalue weighted by Crippen LogP contribution is 2.28. The molecule has 18 heavy (non-hydrogen) atoms. The summed E-state index contributed by atoms with van der Waals surface area (Å²) >= 11 is 0. The normalized spacial score (nSPS) is 10.8. The van der Waals surface area contributed by atoms with Gasteiger partial charge in [-0.25, -0.2) is 8.78 Å². The van der Waals surface area contributed by atoms with Gasteiger partial charge in [0, 0.05) is 0 Å². The van der Waals surface area contributed by atoms with E-state index in [0.717, 1.165) is 12.1 Å². The van der Waals surface area contributed by atoms with Crippen LogP contribution in [-0.4, -0.2) is 5.91 Å². The molecular weight excluding hydrogens is 238 g/mol. The summed E-state index contributed by atoms with van der Waals surface area (Å²) in [5.41, 5.74) is -1.77. The Balaban J connectivity index is 3.05. The van der Waals surface area contributed by atoms with Gasteiger partial charge in [-0.05, 0) is 25.0 Å². The maximum atomic E-state index is 13.4. The lowest BCUT2D eigenvalue weighted by Gasteiger charge is -2.22. The number of rotatable bonds is 4. The van der Waals surface area contributed by atoms with Crippen LogP contribution in [0.4, 0.5) is 14.5 Å². The van der Waals surface area contributed by atoms with Crippen molar-refractivity contribution in [1.29, 1.82) is 5.26 Å². The van der Waals surface area contributed by atoms with Gasteiger partial charge in [-0.1, -0.05) is 19.9 Å². The highest BCUT2D eigenvalue weighted by atomic mass is 19.1. The van der Waals surface area contributed by atoms with Crippen LogP contribution in [0, 0.1) is 28.4 Å². The number of carbonyl (C=O) groups is 1. The van der Waals surface area contributed by atoms with Gasteiger partial charge in [-0.3, -0.25) is 4.79 Å². The molecule has 0 bridgehead atoms. The fourth-order valence-electron chi connectivity index (χ4n) is 1.63. The van der Waals surface area contributed by atoms with E-state index in [2.05, 4.69) is 5.32 Å². The van der Waals surface area contributed by atoms with E-state index in [4.69, 9.17) is 5.26 Å². The number of nitrogens with one attached hydrogen (secondary N) is 1. The van der Waals surface area contributed by atoms with Crippen molar-refractivity contribution >= 4 is 11.6 Å². The average molecular weight is 252 g/mol. The second kappa shape index (κ2) is 5.58. The topological polar surface area (TPSA) is 52.9 Å². The molecule has 1 amide bonds. The van der Waals surface area contributed by atoms with Gasteiger partial charge in [0.2, 0.25) is 5.91 Å². The van der Waals surface area contributed by atoms with Crippen molar-refractivity contribution < 1.29 is 13.6 Å². The van der Waals surface area contributed by atoms with Gasteiger partial charge in [0.1, 0.15) is 22.7 Å². The van der Waals surface area contributed by atoms with Crippen LogP contribution in [0.3, 0.4) is 0 Å². The van der Waals surface area contributed by atoms with Crippen LogP contribution >= 0.6 is 0 Å². The smallest absolute Gasteiger partial charge is 0.244 e. The predicted molar refractivity (Wildman–Crippen MR) is 63.6 cm³/mol. The van der Waals surface area contributed by atoms with E-state index in [1.165, 1.54) is 6.07 Å². The molecular formula is C13H14F2N2O. The second-order valence-electron chi connectivity index (χ2n) is 3.95. The summed E-state index contributed by atoms with van der Waals surface area (Å²) in [6, 6.07) is 5.22. The Bertz CT molecular complexity index is 470. The van der Waals surface area contributed by atoms with Crippen molar-refractivity contribution in [2.75, 3.05) is 5.32 Å². The summed E-state index contributed by atoms with van der Waals surface area (Å²) in [7, 11) is 0. The molecule has 0 aliphatic heterocycles. The summed E-state index contributed by atoms with van der Waals surface area (Å²) in [4.78, 5) is 12.0. The first-order chi connectivity index (χ1) is 8.50. The summed E-state index contributed by atoms with van der Waals surface area (Å²) < 4.78 is 26.7. The highest BCUT2D eigenvalue weighted by molar-refractivity contribution is 5.97. The average Bonchev–Trinajstić information content (AvgIpc) is 2.37. The monoisotopic (exact) mass is 252 g/mol. The zero-order valence-electron chi connectivity index (χ0n) is 10.3. The Morgan fingerprint density at radius 3 is 2.22 bits per heavy atom. The maximum absolute atomic E-state index is 13.4. The molecule has 0 aliphatic carbocycles. The summed E-state index contributed by atoms with van der Waals surface area (Å²) in [5.74, 6) is -2.40. The molecule has 0 aliphatic rings. The fourth-order valence-corrected chi connectivity index (χ4v) is 1.63. The Morgan fingerprint density at radius 2 is 1.83 bits per heavy atom. The molecule has 0 spiro atoms. The van der Waals surface area contributed by atoms with Gasteiger partial charge in [0.05, 0.1) is 6.07 Å². The van der Waals surface area contributed by atoms with Crippen molar-refractivity contribution in [3.8, 4) is 6.07 Å². The number of benzene rings is 1. The minimum absolute atomic E-state index is 0.280. The number of para-hydroxylation sites is 1. The third-order valence-electron chi connectivity index (χ3n) is 3.06. The third-order valence-corrected chi connectivity index (χ3v) is 3.06. The lowest BCUT2D eigenvalue weighted by atomic mass is 9.83. The summed E-state index contributed by atoms with van der Waals surface area (Å²) in [5, 5.41) is 11.2. The van der Waals surface area contributed by atoms with E-state index in [9.17, 15) is 13.6 Å². The van der Waals surface area contributed by atoms with Gasteiger partial charge in [-0.15, -0.1) is 0 Å². The van der Waals surface area contributed by atoms with Gasteiger partial charge in [0.25, 0.3) is 0 Å². The number of hydrogen-bond donors (Lipinski definition) is 1. The number of halogens is 2. The Kier molecular flexibility index (Phi) is 4.38. The number of carbonyl (C=O) groups excluding carboxylic acids is 1. The quantitative estimate of drug-likeness (QED) is 0.894. The minimum Gasteiger partial charge on any atom is -0.320 e. The fraction of sp³-hybridized carbons (Fsp3) is 0.385. The third kappa shape index (κ3) is 2.48. The van der Waals surface area contributed by atoms with E-state index < -0.39 is 28.6 Å². The molecule has 0 aromatic heterocycles. The lowest BCUT2D eigenvalue weighted by molar-refractivity contribution is -0.123. The van der Waals surface area contributed by atoms with Crippen LogP contribution in [0.1, 0.15) is 26.7 Å². The van der Waals surface area contributed by atoms with Crippen molar-refractivity contribution in [3.63, 3.8) is 0 Å². The van der Waals surface area contributed by atoms with E-state index in [1.54, 1.807) is 13.8 Å². The van der Waals surface area contributed by atoms with E-state index >= 15 is 0 Å². The van der Waals surface area contributed by atoms with E-state index in [-0.39, 0.29) is 12.8 Å². The van der Waals surface area contributed by atoms with Crippen LogP contribution in [0.2, 0.25) is 0 Å². The van der Waals surface area contributed by atoms with Crippen LogP contribution in [0.25, 0.3) is 0 Å². The van der Waals surface area contributed by atoms with Crippen LogP contribution < -0.4 is 5.32 Å². The number of nitriles is 1. The standard InChI is InChI=1S/C13H14F2N2O/c1-3-13(4-2,8-16)12(18)17-11-9(14)6-5-7-10(11)15/h5-7H,3-4H2,1-2H3,(H,17,18). The first-order valence-electron chi connectivity index (χ1n) is 5.67. The second-order valence-corrected chi connectivity index (χ2v) is 3.95. The Hall–Kier alpha value is -1.96. The van der Waals surface area contributed by atoms with Crippen LogP contribution in [0.5, 0.6) is 0 Å². The van der Waals surface area contributed by atoms with Crippen molar-refractivity contribution in [2.45, 2.75) is 26.7 Å². The number of amides is 1. The molecule has 0 saturated heterocycles. The summed E-state index contributed by atoms with van der Waals surface area (Å²) in [6.07, 6.45) is 0.559. The van der Waals surface area contributed by atoms with E-state index in [1.807, 2.05) is 6.07 Å². The number of nitrogens with zero attached hydrogens (tertiary/aromatic N) is 1. The van der Waals surface area contributed by atoms with Crippen molar-refractivity contribution in [1.82, 2.24) is 0 Å². The largest absolute Gasteiger partial charge is 0.320 e. The summed E-state index contributed by atoms with van der Waals surface area (Å²) in [6.45, 7) is 3.37. The van der Waals surface area contributed by atoms with Crippen LogP contribution in [-0.2, 0) is 4.79 Å². The molecule has 0 heterocycles. The van der Waals surface area contributed by atoms with Crippen LogP contribution in [0.15, 0.2) is 18.2 Å². The van der Waals surface area contributed by atoms with E-state index in [0.29, 0.717) is 0 Å². The lowest BCUT2D eigenvalue weighted by Crippen LogP contribution is -2.34. The van der Waals surface area contributed by atoms with Gasteiger partial charge < -0.3 is 5.32 Å². The zero-order chi connectivity index (χ0) is 13.8. The molecule has 0 unspecified atom stereocenters. The first-order valence-corrected chi connectivity index (χ1v) is 5.67. The van der Waals surface area contributed by atoms with Crippen molar-refractivity contribution in [3.05, 3.63) is 29.8 Å². The Morgan fingerprint density at radius 1 is 1.33 bits per heavy atom. The molecule has 0 fully saturated rings. The maximum Gasteiger partial charge on any atom is 0.244 e. The molecule has 5 heteroatoms. The van der Waals surface area contributed by atoms with Gasteiger partial charge in [-0.2, -0.15) is 5.26 Å². The molecule has 96 valence electrons. The number of hydrogen-bond acceptors (Lipinski definition) is 2.